The van der Waals surface area contributed by atoms with Crippen molar-refractivity contribution in [2.45, 2.75) is 23.2 Å². The van der Waals surface area contributed by atoms with Crippen LogP contribution in [0.4, 0.5) is 5.82 Å². The lowest BCUT2D eigenvalue weighted by atomic mass is 9.86. The second-order valence-electron chi connectivity index (χ2n) is 7.55. The van der Waals surface area contributed by atoms with Crippen LogP contribution >= 0.6 is 11.8 Å². The summed E-state index contributed by atoms with van der Waals surface area (Å²) in [5.74, 6) is 1.86. The molecule has 33 heavy (non-hydrogen) atoms. The molecular formula is C24H25N3O5S. The number of rotatable bonds is 7. The molecule has 0 bridgehead atoms. The number of ether oxygens (including phenoxy) is 3. The third-order valence-electron chi connectivity index (χ3n) is 5.62. The van der Waals surface area contributed by atoms with Gasteiger partial charge < -0.3 is 24.1 Å². The lowest BCUT2D eigenvalue weighted by Gasteiger charge is -2.28. The van der Waals surface area contributed by atoms with E-state index in [1.54, 1.807) is 23.7 Å². The van der Waals surface area contributed by atoms with E-state index in [1.807, 2.05) is 30.3 Å². The largest absolute Gasteiger partial charge is 0.496 e. The van der Waals surface area contributed by atoms with E-state index in [4.69, 9.17) is 14.2 Å². The molecule has 3 aromatic rings. The minimum absolute atomic E-state index is 0.0896. The monoisotopic (exact) mass is 467 g/mol. The molecule has 0 fully saturated rings. The lowest BCUT2D eigenvalue weighted by molar-refractivity contribution is -0.116. The average molecular weight is 468 g/mol. The maximum absolute atomic E-state index is 13.2. The Kier molecular flexibility index (Phi) is 6.60. The Labute approximate surface area is 195 Å². The van der Waals surface area contributed by atoms with Gasteiger partial charge >= 0.3 is 0 Å². The van der Waals surface area contributed by atoms with Crippen molar-refractivity contribution in [3.63, 3.8) is 0 Å². The molecule has 0 aliphatic carbocycles. The molecule has 1 aliphatic rings. The normalized spacial score (nSPS) is 14.9. The lowest BCUT2D eigenvalue weighted by Crippen LogP contribution is -2.33. The predicted octanol–water partition coefficient (Wildman–Crippen LogP) is 3.57. The molecule has 1 aromatic heterocycles. The van der Waals surface area contributed by atoms with Gasteiger partial charge in [0.15, 0.2) is 16.7 Å². The van der Waals surface area contributed by atoms with Gasteiger partial charge in [-0.3, -0.25) is 9.59 Å². The maximum atomic E-state index is 13.2. The number of hydrogen-bond donors (Lipinski definition) is 1. The first-order valence-corrected chi connectivity index (χ1v) is 11.3. The summed E-state index contributed by atoms with van der Waals surface area (Å²) >= 11 is 1.44. The van der Waals surface area contributed by atoms with E-state index in [-0.39, 0.29) is 17.9 Å². The van der Waals surface area contributed by atoms with Crippen LogP contribution in [0, 0.1) is 0 Å². The fraction of sp³-hybridized carbons (Fsp3) is 0.292. The molecule has 0 saturated carbocycles. The predicted molar refractivity (Wildman–Crippen MR) is 127 cm³/mol. The average Bonchev–Trinajstić information content (AvgIpc) is 2.84. The van der Waals surface area contributed by atoms with E-state index in [0.29, 0.717) is 45.1 Å². The van der Waals surface area contributed by atoms with Crippen LogP contribution in [0.5, 0.6) is 17.2 Å². The molecule has 2 aromatic carbocycles. The summed E-state index contributed by atoms with van der Waals surface area (Å²) in [6.45, 7) is 0. The number of hydrogen-bond acceptors (Lipinski definition) is 7. The van der Waals surface area contributed by atoms with Crippen LogP contribution < -0.4 is 25.1 Å². The highest BCUT2D eigenvalue weighted by Crippen LogP contribution is 2.44. The molecule has 9 heteroatoms. The number of carbonyl (C=O) groups is 1. The molecule has 1 aliphatic heterocycles. The van der Waals surface area contributed by atoms with Gasteiger partial charge in [0.25, 0.3) is 5.56 Å². The highest BCUT2D eigenvalue weighted by molar-refractivity contribution is 7.98. The van der Waals surface area contributed by atoms with E-state index in [2.05, 4.69) is 10.3 Å². The minimum Gasteiger partial charge on any atom is -0.496 e. The summed E-state index contributed by atoms with van der Waals surface area (Å²) < 4.78 is 18.2. The second-order valence-corrected chi connectivity index (χ2v) is 8.49. The summed E-state index contributed by atoms with van der Waals surface area (Å²) in [6.07, 6.45) is 0.0896. The van der Waals surface area contributed by atoms with Crippen LogP contribution in [0.3, 0.4) is 0 Å². The van der Waals surface area contributed by atoms with Crippen molar-refractivity contribution in [2.24, 2.45) is 7.05 Å². The molecule has 1 atom stereocenters. The summed E-state index contributed by atoms with van der Waals surface area (Å²) in [7, 11) is 6.41. The molecule has 1 N–H and O–H groups in total. The first kappa shape index (κ1) is 22.7. The molecule has 8 nitrogen and oxygen atoms in total. The summed E-state index contributed by atoms with van der Waals surface area (Å²) in [5, 5.41) is 3.40. The molecule has 0 radical (unpaired) electrons. The molecule has 4 rings (SSSR count). The van der Waals surface area contributed by atoms with E-state index in [0.717, 1.165) is 5.56 Å². The van der Waals surface area contributed by atoms with Gasteiger partial charge in [0, 0.05) is 36.8 Å². The van der Waals surface area contributed by atoms with Gasteiger partial charge in [-0.1, -0.05) is 42.1 Å². The second kappa shape index (κ2) is 9.58. The Morgan fingerprint density at radius 2 is 1.70 bits per heavy atom. The van der Waals surface area contributed by atoms with Gasteiger partial charge in [-0.15, -0.1) is 0 Å². The fourth-order valence-corrected chi connectivity index (χ4v) is 4.90. The molecular weight excluding hydrogens is 442 g/mol. The van der Waals surface area contributed by atoms with E-state index in [9.17, 15) is 9.59 Å². The van der Waals surface area contributed by atoms with Gasteiger partial charge in [0.05, 0.1) is 26.9 Å². The number of thioether (sulfide) groups is 1. The molecule has 1 amide bonds. The number of carbonyl (C=O) groups excluding carboxylic acids is 1. The van der Waals surface area contributed by atoms with Crippen LogP contribution in [0.15, 0.2) is 52.4 Å². The van der Waals surface area contributed by atoms with Crippen LogP contribution in [0.2, 0.25) is 0 Å². The smallest absolute Gasteiger partial charge is 0.279 e. The number of anilines is 1. The van der Waals surface area contributed by atoms with Crippen molar-refractivity contribution < 1.29 is 19.0 Å². The molecule has 1 unspecified atom stereocenters. The number of benzene rings is 2. The third-order valence-corrected chi connectivity index (χ3v) is 6.72. The van der Waals surface area contributed by atoms with Crippen molar-refractivity contribution in [1.82, 2.24) is 9.55 Å². The summed E-state index contributed by atoms with van der Waals surface area (Å²) in [4.78, 5) is 30.3. The van der Waals surface area contributed by atoms with Crippen molar-refractivity contribution in [3.8, 4) is 17.2 Å². The van der Waals surface area contributed by atoms with Crippen LogP contribution in [0.25, 0.3) is 0 Å². The van der Waals surface area contributed by atoms with Crippen molar-refractivity contribution in [3.05, 3.63) is 69.5 Å². The van der Waals surface area contributed by atoms with Gasteiger partial charge in [0.2, 0.25) is 5.91 Å². The van der Waals surface area contributed by atoms with Crippen LogP contribution in [0.1, 0.15) is 29.0 Å². The molecule has 0 spiro atoms. The van der Waals surface area contributed by atoms with Gasteiger partial charge in [-0.25, -0.2) is 0 Å². The zero-order valence-corrected chi connectivity index (χ0v) is 19.7. The number of methoxy groups -OCH3 is 3. The number of nitrogens with zero attached hydrogens (tertiary/aromatic N) is 2. The Morgan fingerprint density at radius 3 is 2.36 bits per heavy atom. The third kappa shape index (κ3) is 4.41. The SMILES string of the molecule is COc1cc(OC)c(C2CC(=O)Nc3c2c(=O)nc(SCc2ccccc2)n3C)cc1OC. The van der Waals surface area contributed by atoms with E-state index >= 15 is 0 Å². The highest BCUT2D eigenvalue weighted by Gasteiger charge is 2.34. The summed E-state index contributed by atoms with van der Waals surface area (Å²) in [5.41, 5.74) is 1.83. The maximum Gasteiger partial charge on any atom is 0.279 e. The first-order chi connectivity index (χ1) is 16.0. The van der Waals surface area contributed by atoms with E-state index in [1.165, 1.54) is 33.1 Å². The molecule has 0 saturated heterocycles. The van der Waals surface area contributed by atoms with Gasteiger partial charge in [0.1, 0.15) is 11.6 Å². The number of fused-ring (bicyclic) bond motifs is 1. The highest BCUT2D eigenvalue weighted by atomic mass is 32.2. The Bertz CT molecular complexity index is 1240. The number of aromatic nitrogens is 2. The first-order valence-electron chi connectivity index (χ1n) is 10.3. The van der Waals surface area contributed by atoms with Crippen LogP contribution in [-0.4, -0.2) is 36.8 Å². The van der Waals surface area contributed by atoms with Gasteiger partial charge in [-0.2, -0.15) is 4.98 Å². The number of amides is 1. The van der Waals surface area contributed by atoms with Crippen molar-refractivity contribution >= 4 is 23.5 Å². The Balaban J connectivity index is 1.79. The van der Waals surface area contributed by atoms with E-state index < -0.39 is 5.92 Å². The van der Waals surface area contributed by atoms with Gasteiger partial charge in [-0.05, 0) is 11.6 Å². The Hall–Kier alpha value is -3.46. The van der Waals surface area contributed by atoms with Crippen LogP contribution in [-0.2, 0) is 17.6 Å². The molecule has 2 heterocycles. The fourth-order valence-electron chi connectivity index (χ4n) is 3.98. The minimum atomic E-state index is -0.539. The zero-order valence-electron chi connectivity index (χ0n) is 18.9. The standard InChI is InChI=1S/C24H25N3O5S/c1-27-22-21(23(29)26-24(27)33-13-14-8-6-5-7-9-14)16(11-20(28)25-22)15-10-18(31-3)19(32-4)12-17(15)30-2/h5-10,12,16H,11,13H2,1-4H3,(H,25,28). The topological polar surface area (TPSA) is 91.7 Å². The van der Waals surface area contributed by atoms with Crippen molar-refractivity contribution in [1.29, 1.82) is 0 Å². The Morgan fingerprint density at radius 1 is 1.03 bits per heavy atom. The van der Waals surface area contributed by atoms with Crippen molar-refractivity contribution in [2.75, 3.05) is 26.6 Å². The molecule has 172 valence electrons. The zero-order chi connectivity index (χ0) is 23.5. The summed E-state index contributed by atoms with van der Waals surface area (Å²) in [6, 6.07) is 13.4. The quantitative estimate of drug-likeness (QED) is 0.420. The number of nitrogens with one attached hydrogen (secondary N) is 1.